The Morgan fingerprint density at radius 1 is 1.45 bits per heavy atom. The van der Waals surface area contributed by atoms with Crippen molar-refractivity contribution in [1.29, 1.82) is 0 Å². The molecule has 4 nitrogen and oxygen atoms in total. The maximum absolute atomic E-state index is 13.3. The number of aryl methyl sites for hydroxylation is 2. The van der Waals surface area contributed by atoms with Crippen LogP contribution in [0.4, 0.5) is 4.39 Å². The molecule has 108 valence electrons. The predicted octanol–water partition coefficient (Wildman–Crippen LogP) is 2.86. The Bertz CT molecular complexity index is 597. The van der Waals surface area contributed by atoms with Crippen molar-refractivity contribution < 1.29 is 4.39 Å². The highest BCUT2D eigenvalue weighted by Crippen LogP contribution is 2.22. The van der Waals surface area contributed by atoms with Gasteiger partial charge < -0.3 is 0 Å². The summed E-state index contributed by atoms with van der Waals surface area (Å²) in [7, 11) is 0. The lowest BCUT2D eigenvalue weighted by Crippen LogP contribution is -2.31. The molecule has 0 bridgehead atoms. The molecule has 1 unspecified atom stereocenters. The van der Waals surface area contributed by atoms with Crippen molar-refractivity contribution in [1.82, 2.24) is 15.2 Å². The van der Waals surface area contributed by atoms with Crippen LogP contribution in [0.1, 0.15) is 29.9 Å². The van der Waals surface area contributed by atoms with Gasteiger partial charge in [0.25, 0.3) is 0 Å². The Kier molecular flexibility index (Phi) is 4.91. The van der Waals surface area contributed by atoms with Crippen LogP contribution < -0.4 is 11.3 Å². The van der Waals surface area contributed by atoms with Gasteiger partial charge in [-0.2, -0.15) is 5.10 Å². The highest BCUT2D eigenvalue weighted by Gasteiger charge is 2.16. The lowest BCUT2D eigenvalue weighted by atomic mass is 10.0. The normalized spacial score (nSPS) is 12.7. The van der Waals surface area contributed by atoms with Gasteiger partial charge in [-0.25, -0.2) is 4.39 Å². The first-order chi connectivity index (χ1) is 9.55. The second-order valence-electron chi connectivity index (χ2n) is 4.70. The van der Waals surface area contributed by atoms with Gasteiger partial charge in [-0.1, -0.05) is 6.07 Å². The third-order valence-corrected chi connectivity index (χ3v) is 3.82. The monoisotopic (exact) mass is 340 g/mol. The molecule has 0 radical (unpaired) electrons. The fourth-order valence-corrected chi connectivity index (χ4v) is 2.68. The predicted molar refractivity (Wildman–Crippen MR) is 80.5 cm³/mol. The smallest absolute Gasteiger partial charge is 0.137 e. The minimum absolute atomic E-state index is 0.0616. The van der Waals surface area contributed by atoms with E-state index in [1.54, 1.807) is 12.1 Å². The molecule has 20 heavy (non-hydrogen) atoms. The third kappa shape index (κ3) is 3.26. The SMILES string of the molecule is CCn1nc(C)cc1C(Cc1ccc(F)c(Br)c1)NN. The molecule has 1 aromatic carbocycles. The van der Waals surface area contributed by atoms with Crippen LogP contribution >= 0.6 is 15.9 Å². The summed E-state index contributed by atoms with van der Waals surface area (Å²) in [5, 5.41) is 4.42. The number of rotatable bonds is 5. The van der Waals surface area contributed by atoms with E-state index in [-0.39, 0.29) is 11.9 Å². The third-order valence-electron chi connectivity index (χ3n) is 3.21. The Hall–Kier alpha value is -1.24. The van der Waals surface area contributed by atoms with E-state index >= 15 is 0 Å². The quantitative estimate of drug-likeness (QED) is 0.650. The molecule has 2 rings (SSSR count). The number of nitrogens with one attached hydrogen (secondary N) is 1. The van der Waals surface area contributed by atoms with Crippen molar-refractivity contribution in [3.05, 3.63) is 51.5 Å². The molecule has 0 aliphatic heterocycles. The summed E-state index contributed by atoms with van der Waals surface area (Å²) in [6, 6.07) is 6.96. The van der Waals surface area contributed by atoms with Gasteiger partial charge in [0, 0.05) is 6.54 Å². The van der Waals surface area contributed by atoms with Crippen molar-refractivity contribution in [3.8, 4) is 0 Å². The Morgan fingerprint density at radius 3 is 2.80 bits per heavy atom. The first kappa shape index (κ1) is 15.2. The number of nitrogens with two attached hydrogens (primary N) is 1. The van der Waals surface area contributed by atoms with Gasteiger partial charge in [0.1, 0.15) is 5.82 Å². The molecular formula is C14H18BrFN4. The summed E-state index contributed by atoms with van der Waals surface area (Å²) < 4.78 is 15.7. The zero-order chi connectivity index (χ0) is 14.7. The number of hydrogen-bond acceptors (Lipinski definition) is 3. The molecule has 0 saturated heterocycles. The van der Waals surface area contributed by atoms with Gasteiger partial charge in [0.05, 0.1) is 21.9 Å². The summed E-state index contributed by atoms with van der Waals surface area (Å²) in [6.07, 6.45) is 0.667. The molecule has 0 fully saturated rings. The molecule has 3 N–H and O–H groups in total. The number of benzene rings is 1. The first-order valence-electron chi connectivity index (χ1n) is 6.49. The zero-order valence-corrected chi connectivity index (χ0v) is 13.1. The highest BCUT2D eigenvalue weighted by molar-refractivity contribution is 9.10. The Labute approximate surface area is 126 Å². The molecule has 1 atom stereocenters. The number of hydrazine groups is 1. The van der Waals surface area contributed by atoms with Crippen LogP contribution in [-0.2, 0) is 13.0 Å². The number of nitrogens with zero attached hydrogens (tertiary/aromatic N) is 2. The molecule has 0 spiro atoms. The van der Waals surface area contributed by atoms with Gasteiger partial charge in [-0.3, -0.25) is 16.0 Å². The van der Waals surface area contributed by atoms with E-state index in [4.69, 9.17) is 5.84 Å². The molecule has 1 heterocycles. The van der Waals surface area contributed by atoms with Crippen LogP contribution in [0.3, 0.4) is 0 Å². The molecule has 0 amide bonds. The summed E-state index contributed by atoms with van der Waals surface area (Å²) in [6.45, 7) is 4.78. The maximum Gasteiger partial charge on any atom is 0.137 e. The molecule has 0 saturated carbocycles. The van der Waals surface area contributed by atoms with Gasteiger partial charge in [-0.05, 0) is 60.0 Å². The average Bonchev–Trinajstić information content (AvgIpc) is 2.81. The van der Waals surface area contributed by atoms with Crippen LogP contribution in [0.25, 0.3) is 0 Å². The van der Waals surface area contributed by atoms with Gasteiger partial charge in [0.15, 0.2) is 0 Å². The van der Waals surface area contributed by atoms with Crippen molar-refractivity contribution >= 4 is 15.9 Å². The highest BCUT2D eigenvalue weighted by atomic mass is 79.9. The number of halogens is 2. The van der Waals surface area contributed by atoms with E-state index in [9.17, 15) is 4.39 Å². The maximum atomic E-state index is 13.3. The molecule has 0 aliphatic rings. The summed E-state index contributed by atoms with van der Waals surface area (Å²) in [5.74, 6) is 5.41. The fourth-order valence-electron chi connectivity index (χ4n) is 2.25. The minimum Gasteiger partial charge on any atom is -0.271 e. The van der Waals surface area contributed by atoms with Gasteiger partial charge >= 0.3 is 0 Å². The zero-order valence-electron chi connectivity index (χ0n) is 11.5. The molecule has 1 aromatic heterocycles. The molecule has 2 aromatic rings. The first-order valence-corrected chi connectivity index (χ1v) is 7.28. The van der Waals surface area contributed by atoms with Crippen molar-refractivity contribution in [2.45, 2.75) is 32.9 Å². The van der Waals surface area contributed by atoms with Crippen molar-refractivity contribution in [3.63, 3.8) is 0 Å². The topological polar surface area (TPSA) is 55.9 Å². The van der Waals surface area contributed by atoms with Crippen LogP contribution in [-0.4, -0.2) is 9.78 Å². The summed E-state index contributed by atoms with van der Waals surface area (Å²) >= 11 is 3.20. The molecule has 0 aliphatic carbocycles. The van der Waals surface area contributed by atoms with Crippen LogP contribution in [0.15, 0.2) is 28.7 Å². The van der Waals surface area contributed by atoms with Crippen molar-refractivity contribution in [2.75, 3.05) is 0 Å². The Morgan fingerprint density at radius 2 is 2.20 bits per heavy atom. The summed E-state index contributed by atoms with van der Waals surface area (Å²) in [4.78, 5) is 0. The Balaban J connectivity index is 2.26. The van der Waals surface area contributed by atoms with Crippen LogP contribution in [0, 0.1) is 12.7 Å². The lowest BCUT2D eigenvalue weighted by Gasteiger charge is -2.17. The van der Waals surface area contributed by atoms with Crippen LogP contribution in [0.2, 0.25) is 0 Å². The van der Waals surface area contributed by atoms with Crippen LogP contribution in [0.5, 0.6) is 0 Å². The van der Waals surface area contributed by atoms with Gasteiger partial charge in [0.2, 0.25) is 0 Å². The van der Waals surface area contributed by atoms with E-state index in [1.807, 2.05) is 24.6 Å². The molecular weight excluding hydrogens is 323 g/mol. The van der Waals surface area contributed by atoms with E-state index < -0.39 is 0 Å². The second-order valence-corrected chi connectivity index (χ2v) is 5.55. The van der Waals surface area contributed by atoms with Crippen molar-refractivity contribution in [2.24, 2.45) is 5.84 Å². The van der Waals surface area contributed by atoms with E-state index in [0.29, 0.717) is 10.9 Å². The summed E-state index contributed by atoms with van der Waals surface area (Å²) in [5.41, 5.74) is 5.82. The van der Waals surface area contributed by atoms with Gasteiger partial charge in [-0.15, -0.1) is 0 Å². The lowest BCUT2D eigenvalue weighted by molar-refractivity contribution is 0.489. The number of hydrogen-bond donors (Lipinski definition) is 2. The van der Waals surface area contributed by atoms with E-state index in [1.165, 1.54) is 6.07 Å². The minimum atomic E-state index is -0.263. The standard InChI is InChI=1S/C14H18BrFN4/c1-3-20-14(6-9(2)19-20)13(18-17)8-10-4-5-12(16)11(15)7-10/h4-7,13,18H,3,8,17H2,1-2H3. The molecule has 6 heteroatoms. The van der Waals surface area contributed by atoms with E-state index in [2.05, 4.69) is 26.5 Å². The average molecular weight is 341 g/mol. The number of aromatic nitrogens is 2. The van der Waals surface area contributed by atoms with E-state index in [0.717, 1.165) is 23.5 Å². The fraction of sp³-hybridized carbons (Fsp3) is 0.357. The second kappa shape index (κ2) is 6.47. The largest absolute Gasteiger partial charge is 0.271 e.